The summed E-state index contributed by atoms with van der Waals surface area (Å²) < 4.78 is 7.13. The second-order valence-corrected chi connectivity index (χ2v) is 13.9. The minimum atomic E-state index is -0.491. The zero-order chi connectivity index (χ0) is 26.2. The molecule has 4 saturated carbocycles. The van der Waals surface area contributed by atoms with Gasteiger partial charge < -0.3 is 9.84 Å². The number of benzene rings is 1. The number of hydrogen-bond acceptors (Lipinski definition) is 5. The Morgan fingerprint density at radius 1 is 1.11 bits per heavy atom. The van der Waals surface area contributed by atoms with Crippen LogP contribution in [0.2, 0.25) is 0 Å². The van der Waals surface area contributed by atoms with Gasteiger partial charge in [0.25, 0.3) is 0 Å². The van der Waals surface area contributed by atoms with E-state index in [1.807, 2.05) is 25.1 Å². The Kier molecular flexibility index (Phi) is 6.02. The highest BCUT2D eigenvalue weighted by molar-refractivity contribution is 5.84. The summed E-state index contributed by atoms with van der Waals surface area (Å²) in [5, 5.41) is 19.5. The molecule has 0 amide bonds. The highest BCUT2D eigenvalue weighted by Gasteiger charge is 2.63. The summed E-state index contributed by atoms with van der Waals surface area (Å²) in [5.74, 6) is 4.36. The third-order valence-corrected chi connectivity index (χ3v) is 12.0. The number of carbonyl (C=O) groups is 1. The maximum absolute atomic E-state index is 14.1. The van der Waals surface area contributed by atoms with E-state index in [1.54, 1.807) is 11.8 Å². The van der Waals surface area contributed by atoms with Crippen LogP contribution in [0.3, 0.4) is 0 Å². The number of carbonyl (C=O) groups excluding carboxylic acids is 1. The number of fused-ring (bicyclic) bond motifs is 6. The van der Waals surface area contributed by atoms with Gasteiger partial charge >= 0.3 is 0 Å². The number of ether oxygens (including phenoxy) is 1. The molecule has 4 fully saturated rings. The van der Waals surface area contributed by atoms with Crippen molar-refractivity contribution in [2.45, 2.75) is 97.6 Å². The molecule has 0 spiro atoms. The zero-order valence-electron chi connectivity index (χ0n) is 23.4. The maximum atomic E-state index is 14.1. The topological polar surface area (TPSA) is 77.2 Å². The molecule has 1 N–H and O–H groups in total. The molecule has 2 aromatic rings. The summed E-state index contributed by atoms with van der Waals surface area (Å²) in [7, 11) is 1.65. The zero-order valence-corrected chi connectivity index (χ0v) is 23.4. The van der Waals surface area contributed by atoms with Crippen LogP contribution in [0.5, 0.6) is 5.75 Å². The van der Waals surface area contributed by atoms with Gasteiger partial charge in [0.2, 0.25) is 0 Å². The van der Waals surface area contributed by atoms with Crippen molar-refractivity contribution in [3.05, 3.63) is 18.2 Å². The van der Waals surface area contributed by atoms with Gasteiger partial charge in [0.05, 0.1) is 18.2 Å². The number of hydrogen-bond donors (Lipinski definition) is 1. The molecule has 1 aromatic carbocycles. The van der Waals surface area contributed by atoms with Gasteiger partial charge in [-0.1, -0.05) is 32.4 Å². The van der Waals surface area contributed by atoms with Crippen LogP contribution >= 0.6 is 0 Å². The van der Waals surface area contributed by atoms with Gasteiger partial charge in [-0.05, 0) is 111 Å². The molecule has 37 heavy (non-hydrogen) atoms. The number of rotatable bonds is 5. The van der Waals surface area contributed by atoms with Crippen molar-refractivity contribution in [2.24, 2.45) is 46.3 Å². The Hall–Kier alpha value is -1.95. The molecule has 1 unspecified atom stereocenters. The van der Waals surface area contributed by atoms with Crippen LogP contribution in [0.25, 0.3) is 11.0 Å². The lowest BCUT2D eigenvalue weighted by atomic mass is 9.44. The van der Waals surface area contributed by atoms with E-state index in [2.05, 4.69) is 31.1 Å². The van der Waals surface area contributed by atoms with Crippen LogP contribution in [-0.4, -0.2) is 38.6 Å². The smallest absolute Gasteiger partial charge is 0.158 e. The van der Waals surface area contributed by atoms with Gasteiger partial charge in [-0.3, -0.25) is 4.79 Å². The summed E-state index contributed by atoms with van der Waals surface area (Å²) in [6.07, 6.45) is 10.2. The standard InChI is InChI=1S/C31H45N3O3/c1-6-19-15-24-22-9-7-20-17-29(2,36)13-14-30(20,3)23(22)11-12-31(24,4)28(19)27(35)18-34-26-10-8-21(37-5)16-25(26)32-33-34/h8,10,16,19-20,22-24,28,36H,6-7,9,11-15,17-18H2,1-5H3/t19-,20+,22-,23+,24+,28?,29-,30+,31+/m1/s1. The first-order valence-electron chi connectivity index (χ1n) is 14.7. The van der Waals surface area contributed by atoms with Gasteiger partial charge in [0, 0.05) is 12.0 Å². The normalized spacial score (nSPS) is 43.2. The molecule has 1 aromatic heterocycles. The number of methoxy groups -OCH3 is 1. The summed E-state index contributed by atoms with van der Waals surface area (Å²) in [5.41, 5.74) is 1.59. The van der Waals surface area contributed by atoms with Crippen LogP contribution in [0.1, 0.15) is 85.5 Å². The average Bonchev–Trinajstić information content (AvgIpc) is 3.41. The van der Waals surface area contributed by atoms with Crippen molar-refractivity contribution >= 4 is 16.8 Å². The van der Waals surface area contributed by atoms with E-state index >= 15 is 0 Å². The van der Waals surface area contributed by atoms with E-state index in [-0.39, 0.29) is 11.3 Å². The first-order valence-corrected chi connectivity index (χ1v) is 14.7. The van der Waals surface area contributed by atoms with E-state index in [0.29, 0.717) is 35.5 Å². The minimum absolute atomic E-state index is 0.0713. The fourth-order valence-electron chi connectivity index (χ4n) is 10.1. The predicted molar refractivity (Wildman–Crippen MR) is 144 cm³/mol. The fraction of sp³-hybridized carbons (Fsp3) is 0.774. The Morgan fingerprint density at radius 2 is 1.92 bits per heavy atom. The van der Waals surface area contributed by atoms with E-state index in [0.717, 1.165) is 60.7 Å². The van der Waals surface area contributed by atoms with Crippen molar-refractivity contribution in [3.8, 4) is 5.75 Å². The second-order valence-electron chi connectivity index (χ2n) is 13.9. The summed E-state index contributed by atoms with van der Waals surface area (Å²) in [4.78, 5) is 14.1. The molecule has 6 heteroatoms. The molecule has 0 radical (unpaired) electrons. The molecule has 9 atom stereocenters. The van der Waals surface area contributed by atoms with E-state index < -0.39 is 5.60 Å². The monoisotopic (exact) mass is 507 g/mol. The van der Waals surface area contributed by atoms with Gasteiger partial charge in [-0.25, -0.2) is 4.68 Å². The molecule has 6 rings (SSSR count). The third kappa shape index (κ3) is 3.87. The predicted octanol–water partition coefficient (Wildman–Crippen LogP) is 6.06. The van der Waals surface area contributed by atoms with Gasteiger partial charge in [-0.15, -0.1) is 5.10 Å². The molecular weight excluding hydrogens is 462 g/mol. The number of nitrogens with zero attached hydrogens (tertiary/aromatic N) is 3. The maximum Gasteiger partial charge on any atom is 0.158 e. The van der Waals surface area contributed by atoms with Gasteiger partial charge in [0.15, 0.2) is 5.78 Å². The van der Waals surface area contributed by atoms with Crippen LogP contribution in [0.4, 0.5) is 0 Å². The minimum Gasteiger partial charge on any atom is -0.497 e. The van der Waals surface area contributed by atoms with Crippen LogP contribution in [0.15, 0.2) is 18.2 Å². The first-order chi connectivity index (χ1) is 17.6. The van der Waals surface area contributed by atoms with Crippen molar-refractivity contribution in [1.82, 2.24) is 15.0 Å². The second kappa shape index (κ2) is 8.79. The number of Topliss-reactive ketones (excluding diaryl/α,β-unsaturated/α-hetero) is 1. The molecule has 0 saturated heterocycles. The lowest BCUT2D eigenvalue weighted by Gasteiger charge is -2.61. The van der Waals surface area contributed by atoms with E-state index in [4.69, 9.17) is 4.74 Å². The largest absolute Gasteiger partial charge is 0.497 e. The van der Waals surface area contributed by atoms with E-state index in [9.17, 15) is 9.90 Å². The van der Waals surface area contributed by atoms with Crippen LogP contribution in [0, 0.1) is 46.3 Å². The lowest BCUT2D eigenvalue weighted by molar-refractivity contribution is -0.151. The number of ketones is 1. The molecule has 6 nitrogen and oxygen atoms in total. The highest BCUT2D eigenvalue weighted by Crippen LogP contribution is 2.69. The molecule has 0 bridgehead atoms. The Bertz CT molecular complexity index is 1190. The Balaban J connectivity index is 1.26. The lowest BCUT2D eigenvalue weighted by Crippen LogP contribution is -2.55. The summed E-state index contributed by atoms with van der Waals surface area (Å²) >= 11 is 0. The van der Waals surface area contributed by atoms with Crippen molar-refractivity contribution in [2.75, 3.05) is 7.11 Å². The fourth-order valence-corrected chi connectivity index (χ4v) is 10.1. The molecule has 0 aliphatic heterocycles. The SMILES string of the molecule is CC[C@@H]1C[C@H]2[C@@H]3CC[C@H]4C[C@](C)(O)CC[C@]4(C)[C@H]3CC[C@]2(C)C1C(=O)Cn1nnc2cc(OC)ccc21. The summed E-state index contributed by atoms with van der Waals surface area (Å²) in [6.45, 7) is 9.63. The third-order valence-electron chi connectivity index (χ3n) is 12.0. The van der Waals surface area contributed by atoms with Crippen molar-refractivity contribution in [3.63, 3.8) is 0 Å². The van der Waals surface area contributed by atoms with Gasteiger partial charge in [-0.2, -0.15) is 0 Å². The van der Waals surface area contributed by atoms with E-state index in [1.165, 1.54) is 25.7 Å². The molecule has 1 heterocycles. The average molecular weight is 508 g/mol. The highest BCUT2D eigenvalue weighted by atomic mass is 16.5. The van der Waals surface area contributed by atoms with Crippen LogP contribution < -0.4 is 4.74 Å². The molecule has 4 aliphatic rings. The quantitative estimate of drug-likeness (QED) is 0.533. The van der Waals surface area contributed by atoms with Crippen LogP contribution in [-0.2, 0) is 11.3 Å². The Labute approximate surface area is 221 Å². The molecular formula is C31H45N3O3. The first kappa shape index (κ1) is 25.3. The van der Waals surface area contributed by atoms with Crippen molar-refractivity contribution in [1.29, 1.82) is 0 Å². The Morgan fingerprint density at radius 3 is 2.68 bits per heavy atom. The molecule has 202 valence electrons. The van der Waals surface area contributed by atoms with Gasteiger partial charge in [0.1, 0.15) is 17.8 Å². The number of aliphatic hydroxyl groups is 1. The summed E-state index contributed by atoms with van der Waals surface area (Å²) in [6, 6.07) is 5.76. The van der Waals surface area contributed by atoms with Crippen molar-refractivity contribution < 1.29 is 14.6 Å². The number of aromatic nitrogens is 3. The molecule has 4 aliphatic carbocycles.